The Hall–Kier alpha value is -2.95. The van der Waals surface area contributed by atoms with Crippen molar-refractivity contribution in [3.05, 3.63) is 44.8 Å². The van der Waals surface area contributed by atoms with Crippen LogP contribution in [-0.4, -0.2) is 21.0 Å². The molecule has 0 spiro atoms. The van der Waals surface area contributed by atoms with Gasteiger partial charge in [0.2, 0.25) is 0 Å². The summed E-state index contributed by atoms with van der Waals surface area (Å²) in [5, 5.41) is 20.0. The fourth-order valence-electron chi connectivity index (χ4n) is 1.51. The third-order valence-corrected chi connectivity index (χ3v) is 2.85. The molecule has 0 aromatic carbocycles. The second-order valence-corrected chi connectivity index (χ2v) is 4.65. The van der Waals surface area contributed by atoms with E-state index in [1.54, 1.807) is 12.1 Å². The molecule has 0 atom stereocenters. The van der Waals surface area contributed by atoms with Crippen molar-refractivity contribution in [2.75, 3.05) is 5.32 Å². The molecule has 11 heteroatoms. The lowest BCUT2D eigenvalue weighted by Crippen LogP contribution is -2.11. The van der Waals surface area contributed by atoms with Crippen molar-refractivity contribution >= 4 is 33.7 Å². The molecule has 3 rings (SSSR count). The minimum absolute atomic E-state index is 0.0615. The summed E-state index contributed by atoms with van der Waals surface area (Å²) in [5.74, 6) is -1.19. The predicted molar refractivity (Wildman–Crippen MR) is 73.0 cm³/mol. The van der Waals surface area contributed by atoms with Gasteiger partial charge in [-0.3, -0.25) is 20.2 Å². The van der Waals surface area contributed by atoms with Crippen LogP contribution in [0.1, 0.15) is 10.6 Å². The lowest BCUT2D eigenvalue weighted by atomic mass is 10.4. The Balaban J connectivity index is 1.74. The van der Waals surface area contributed by atoms with Crippen LogP contribution in [0.2, 0.25) is 0 Å². The first-order chi connectivity index (χ1) is 10.5. The first-order valence-electron chi connectivity index (χ1n) is 5.68. The Morgan fingerprint density at radius 1 is 1.18 bits per heavy atom. The van der Waals surface area contributed by atoms with Gasteiger partial charge in [0.15, 0.2) is 16.2 Å². The third-order valence-electron chi connectivity index (χ3n) is 2.42. The summed E-state index contributed by atoms with van der Waals surface area (Å²) < 4.78 is 15.6. The highest BCUT2D eigenvalue weighted by Gasteiger charge is 2.20. The van der Waals surface area contributed by atoms with Gasteiger partial charge >= 0.3 is 11.9 Å². The first kappa shape index (κ1) is 14.0. The molecule has 112 valence electrons. The molecule has 1 amide bonds. The molecule has 0 aliphatic heterocycles. The van der Waals surface area contributed by atoms with Gasteiger partial charge in [0.1, 0.15) is 4.92 Å². The number of rotatable bonds is 4. The third kappa shape index (κ3) is 2.74. The molecule has 0 aliphatic carbocycles. The molecule has 3 aromatic heterocycles. The Morgan fingerprint density at radius 3 is 2.64 bits per heavy atom. The molecule has 3 heterocycles. The van der Waals surface area contributed by atoms with E-state index < -0.39 is 16.7 Å². The van der Waals surface area contributed by atoms with E-state index in [1.807, 2.05) is 0 Å². The number of halogens is 1. The van der Waals surface area contributed by atoms with E-state index in [0.717, 1.165) is 12.1 Å². The highest BCUT2D eigenvalue weighted by Crippen LogP contribution is 2.25. The fraction of sp³-hybridized carbons (Fsp3) is 0. The Bertz CT molecular complexity index is 850. The standard InChI is InChI=1S/C11H5BrN4O6/c12-7-3-1-6(20-7)10-14-15-11(22-10)13-9(17)5-2-4-8(21-5)16(18)19/h1-4H,(H,13,15,17). The number of amides is 1. The summed E-state index contributed by atoms with van der Waals surface area (Å²) in [6.07, 6.45) is 0. The van der Waals surface area contributed by atoms with E-state index in [1.165, 1.54) is 0 Å². The molecule has 0 unspecified atom stereocenters. The van der Waals surface area contributed by atoms with Gasteiger partial charge in [0.05, 0.1) is 6.07 Å². The van der Waals surface area contributed by atoms with Gasteiger partial charge in [-0.15, -0.1) is 5.10 Å². The van der Waals surface area contributed by atoms with Crippen LogP contribution in [0.5, 0.6) is 0 Å². The molecule has 0 aliphatic rings. The minimum atomic E-state index is -0.760. The average molecular weight is 369 g/mol. The first-order valence-corrected chi connectivity index (χ1v) is 6.47. The molecule has 0 saturated heterocycles. The molecule has 0 bridgehead atoms. The van der Waals surface area contributed by atoms with Crippen LogP contribution in [0, 0.1) is 10.1 Å². The maximum atomic E-state index is 11.8. The summed E-state index contributed by atoms with van der Waals surface area (Å²) in [6, 6.07) is 5.26. The Labute approximate surface area is 129 Å². The zero-order valence-electron chi connectivity index (χ0n) is 10.5. The maximum absolute atomic E-state index is 11.8. The van der Waals surface area contributed by atoms with Gasteiger partial charge in [-0.05, 0) is 34.1 Å². The maximum Gasteiger partial charge on any atom is 0.433 e. The van der Waals surface area contributed by atoms with Crippen LogP contribution < -0.4 is 5.32 Å². The number of carbonyl (C=O) groups excluding carboxylic acids is 1. The van der Waals surface area contributed by atoms with Gasteiger partial charge in [0, 0.05) is 0 Å². The molecular formula is C11H5BrN4O6. The van der Waals surface area contributed by atoms with Gasteiger partial charge in [0.25, 0.3) is 11.8 Å². The summed E-state index contributed by atoms with van der Waals surface area (Å²) >= 11 is 3.13. The number of hydrogen-bond donors (Lipinski definition) is 1. The monoisotopic (exact) mass is 368 g/mol. The minimum Gasteiger partial charge on any atom is -0.444 e. The fourth-order valence-corrected chi connectivity index (χ4v) is 1.82. The topological polar surface area (TPSA) is 137 Å². The normalized spacial score (nSPS) is 10.6. The number of furan rings is 2. The molecular weight excluding hydrogens is 364 g/mol. The molecule has 22 heavy (non-hydrogen) atoms. The van der Waals surface area contributed by atoms with Gasteiger partial charge in [-0.1, -0.05) is 5.10 Å². The molecule has 10 nitrogen and oxygen atoms in total. The van der Waals surface area contributed by atoms with Crippen LogP contribution in [0.25, 0.3) is 11.7 Å². The quantitative estimate of drug-likeness (QED) is 0.547. The number of hydrogen-bond acceptors (Lipinski definition) is 8. The molecule has 1 N–H and O–H groups in total. The van der Waals surface area contributed by atoms with Crippen LogP contribution in [-0.2, 0) is 0 Å². The molecule has 0 radical (unpaired) electrons. The SMILES string of the molecule is O=C(Nc1nnc(-c2ccc(Br)o2)o1)c1ccc([N+](=O)[O-])o1. The molecule has 0 saturated carbocycles. The number of nitrogens with one attached hydrogen (secondary N) is 1. The zero-order valence-corrected chi connectivity index (χ0v) is 12.1. The number of anilines is 1. The zero-order chi connectivity index (χ0) is 15.7. The largest absolute Gasteiger partial charge is 0.444 e. The van der Waals surface area contributed by atoms with Crippen LogP contribution >= 0.6 is 15.9 Å². The van der Waals surface area contributed by atoms with E-state index in [4.69, 9.17) is 13.3 Å². The van der Waals surface area contributed by atoms with Crippen molar-refractivity contribution in [2.24, 2.45) is 0 Å². The lowest BCUT2D eigenvalue weighted by Gasteiger charge is -1.95. The van der Waals surface area contributed by atoms with Gasteiger partial charge < -0.3 is 13.3 Å². The number of aromatic nitrogens is 2. The van der Waals surface area contributed by atoms with Crippen molar-refractivity contribution in [3.8, 4) is 11.7 Å². The number of carbonyl (C=O) groups is 1. The van der Waals surface area contributed by atoms with E-state index >= 15 is 0 Å². The summed E-state index contributed by atoms with van der Waals surface area (Å²) in [5.41, 5.74) is 0. The van der Waals surface area contributed by atoms with Crippen molar-refractivity contribution in [1.29, 1.82) is 0 Å². The Kier molecular flexibility index (Phi) is 3.47. The van der Waals surface area contributed by atoms with E-state index in [2.05, 4.69) is 31.4 Å². The van der Waals surface area contributed by atoms with Crippen molar-refractivity contribution in [2.45, 2.75) is 0 Å². The van der Waals surface area contributed by atoms with E-state index in [9.17, 15) is 14.9 Å². The van der Waals surface area contributed by atoms with Gasteiger partial charge in [-0.25, -0.2) is 0 Å². The summed E-state index contributed by atoms with van der Waals surface area (Å²) in [7, 11) is 0. The van der Waals surface area contributed by atoms with Crippen molar-refractivity contribution in [3.63, 3.8) is 0 Å². The predicted octanol–water partition coefficient (Wildman–Crippen LogP) is 2.85. The highest BCUT2D eigenvalue weighted by atomic mass is 79.9. The average Bonchev–Trinajstić information content (AvgIpc) is 3.17. The van der Waals surface area contributed by atoms with Gasteiger partial charge in [-0.2, -0.15) is 0 Å². The highest BCUT2D eigenvalue weighted by molar-refractivity contribution is 9.10. The molecule has 0 fully saturated rings. The van der Waals surface area contributed by atoms with Crippen LogP contribution in [0.15, 0.2) is 42.2 Å². The number of nitrogens with zero attached hydrogens (tertiary/aromatic N) is 3. The second kappa shape index (κ2) is 5.44. The second-order valence-electron chi connectivity index (χ2n) is 3.87. The van der Waals surface area contributed by atoms with Crippen molar-refractivity contribution < 1.29 is 23.0 Å². The van der Waals surface area contributed by atoms with Crippen molar-refractivity contribution in [1.82, 2.24) is 10.2 Å². The van der Waals surface area contributed by atoms with E-state index in [0.29, 0.717) is 10.4 Å². The number of nitro groups is 1. The lowest BCUT2D eigenvalue weighted by molar-refractivity contribution is -0.402. The summed E-state index contributed by atoms with van der Waals surface area (Å²) in [4.78, 5) is 21.5. The van der Waals surface area contributed by atoms with Crippen LogP contribution in [0.4, 0.5) is 11.9 Å². The molecule has 3 aromatic rings. The Morgan fingerprint density at radius 2 is 2.00 bits per heavy atom. The summed E-state index contributed by atoms with van der Waals surface area (Å²) in [6.45, 7) is 0. The van der Waals surface area contributed by atoms with E-state index in [-0.39, 0.29) is 17.7 Å². The van der Waals surface area contributed by atoms with Crippen LogP contribution in [0.3, 0.4) is 0 Å². The smallest absolute Gasteiger partial charge is 0.433 e.